The molecule has 1 aromatic carbocycles. The summed E-state index contributed by atoms with van der Waals surface area (Å²) in [6, 6.07) is 7.84. The molecular formula is C20H28O3Si. The molecule has 4 heteroatoms. The Kier molecular flexibility index (Phi) is 7.43. The molecule has 0 aliphatic rings. The highest BCUT2D eigenvalue weighted by Gasteiger charge is 2.25. The van der Waals surface area contributed by atoms with Gasteiger partial charge in [0.2, 0.25) is 0 Å². The second-order valence-electron chi connectivity index (χ2n) is 7.41. The van der Waals surface area contributed by atoms with Crippen LogP contribution < -0.4 is 0 Å². The number of benzene rings is 1. The van der Waals surface area contributed by atoms with Gasteiger partial charge in [-0.3, -0.25) is 9.59 Å². The molecule has 1 unspecified atom stereocenters. The number of rotatable bonds is 6. The summed E-state index contributed by atoms with van der Waals surface area (Å²) in [7, 11) is -0.112. The van der Waals surface area contributed by atoms with Crippen molar-refractivity contribution >= 4 is 19.8 Å². The maximum Gasteiger partial charge on any atom is 0.309 e. The van der Waals surface area contributed by atoms with E-state index in [1.54, 1.807) is 0 Å². The minimum atomic E-state index is -1.48. The van der Waals surface area contributed by atoms with Crippen molar-refractivity contribution in [2.75, 3.05) is 7.11 Å². The Bertz CT molecular complexity index is 645. The van der Waals surface area contributed by atoms with Crippen LogP contribution in [0.25, 0.3) is 0 Å². The smallest absolute Gasteiger partial charge is 0.309 e. The number of methoxy groups -OCH3 is 1. The number of esters is 1. The van der Waals surface area contributed by atoms with E-state index in [-0.39, 0.29) is 24.1 Å². The molecule has 1 atom stereocenters. The molecule has 0 fully saturated rings. The fraction of sp³-hybridized carbons (Fsp3) is 0.500. The van der Waals surface area contributed by atoms with Crippen molar-refractivity contribution in [3.05, 3.63) is 35.4 Å². The van der Waals surface area contributed by atoms with E-state index in [1.807, 2.05) is 38.1 Å². The molecule has 24 heavy (non-hydrogen) atoms. The van der Waals surface area contributed by atoms with Gasteiger partial charge in [-0.1, -0.05) is 57.6 Å². The summed E-state index contributed by atoms with van der Waals surface area (Å²) in [5, 5.41) is 0. The van der Waals surface area contributed by atoms with Crippen LogP contribution in [0.4, 0.5) is 0 Å². The lowest BCUT2D eigenvalue weighted by atomic mass is 9.89. The number of Topliss-reactive ketones (excluding diaryl/α,β-unsaturated/α-hetero) is 1. The zero-order valence-electron chi connectivity index (χ0n) is 15.6. The number of carbonyl (C=O) groups excluding carboxylic acids is 2. The Morgan fingerprint density at radius 2 is 1.79 bits per heavy atom. The molecule has 0 saturated carbocycles. The first-order chi connectivity index (χ1) is 11.1. The third-order valence-electron chi connectivity index (χ3n) is 3.68. The molecule has 0 spiro atoms. The van der Waals surface area contributed by atoms with Gasteiger partial charge in [0.05, 0.1) is 13.0 Å². The first-order valence-electron chi connectivity index (χ1n) is 8.35. The summed E-state index contributed by atoms with van der Waals surface area (Å²) in [4.78, 5) is 24.2. The summed E-state index contributed by atoms with van der Waals surface area (Å²) >= 11 is 0. The molecule has 0 radical (unpaired) electrons. The fourth-order valence-electron chi connectivity index (χ4n) is 2.22. The van der Waals surface area contributed by atoms with E-state index >= 15 is 0 Å². The van der Waals surface area contributed by atoms with Crippen molar-refractivity contribution < 1.29 is 14.3 Å². The molecule has 3 nitrogen and oxygen atoms in total. The van der Waals surface area contributed by atoms with Crippen LogP contribution in [0, 0.1) is 23.3 Å². The van der Waals surface area contributed by atoms with Crippen molar-refractivity contribution in [1.82, 2.24) is 0 Å². The third kappa shape index (κ3) is 6.72. The summed E-state index contributed by atoms with van der Waals surface area (Å²) < 4.78 is 4.90. The summed E-state index contributed by atoms with van der Waals surface area (Å²) in [6.45, 7) is 10.3. The number of hydrogen-bond acceptors (Lipinski definition) is 3. The zero-order chi connectivity index (χ0) is 18.3. The van der Waals surface area contributed by atoms with Crippen LogP contribution >= 0.6 is 0 Å². The SMILES string of the molecule is COC(=O)C(CC(=O)C(C)C)Cc1ccccc1C#C[Si](C)(C)C. The Morgan fingerprint density at radius 3 is 2.33 bits per heavy atom. The largest absolute Gasteiger partial charge is 0.469 e. The van der Waals surface area contributed by atoms with E-state index in [4.69, 9.17) is 4.74 Å². The number of ketones is 1. The van der Waals surface area contributed by atoms with Gasteiger partial charge < -0.3 is 4.74 Å². The molecular weight excluding hydrogens is 316 g/mol. The molecule has 0 amide bonds. The normalized spacial score (nSPS) is 12.3. The van der Waals surface area contributed by atoms with Gasteiger partial charge in [0.1, 0.15) is 13.9 Å². The molecule has 130 valence electrons. The zero-order valence-corrected chi connectivity index (χ0v) is 16.6. The molecule has 1 rings (SSSR count). The standard InChI is InChI=1S/C20H28O3Si/c1-15(2)19(21)14-18(20(22)23-3)13-17-10-8-7-9-16(17)11-12-24(4,5)6/h7-10,15,18H,13-14H2,1-6H3. The number of hydrogen-bond donors (Lipinski definition) is 0. The summed E-state index contributed by atoms with van der Waals surface area (Å²) in [6.07, 6.45) is 0.682. The van der Waals surface area contributed by atoms with Gasteiger partial charge in [-0.25, -0.2) is 0 Å². The van der Waals surface area contributed by atoms with Crippen LogP contribution in [0.2, 0.25) is 19.6 Å². The maximum atomic E-state index is 12.1. The van der Waals surface area contributed by atoms with Gasteiger partial charge in [0, 0.05) is 17.9 Å². The van der Waals surface area contributed by atoms with Gasteiger partial charge in [-0.2, -0.15) is 0 Å². The van der Waals surface area contributed by atoms with Crippen LogP contribution in [0.15, 0.2) is 24.3 Å². The first kappa shape index (κ1) is 20.2. The molecule has 0 bridgehead atoms. The van der Waals surface area contributed by atoms with Crippen molar-refractivity contribution in [3.63, 3.8) is 0 Å². The first-order valence-corrected chi connectivity index (χ1v) is 11.9. The minimum Gasteiger partial charge on any atom is -0.469 e. The van der Waals surface area contributed by atoms with Crippen LogP contribution in [-0.2, 0) is 20.7 Å². The lowest BCUT2D eigenvalue weighted by Gasteiger charge is -2.16. The molecule has 0 saturated heterocycles. The highest BCUT2D eigenvalue weighted by atomic mass is 28.3. The van der Waals surface area contributed by atoms with Crippen LogP contribution in [0.3, 0.4) is 0 Å². The van der Waals surface area contributed by atoms with Crippen molar-refractivity contribution in [2.45, 2.75) is 46.3 Å². The van der Waals surface area contributed by atoms with Crippen LogP contribution in [0.5, 0.6) is 0 Å². The van der Waals surface area contributed by atoms with E-state index in [0.29, 0.717) is 6.42 Å². The molecule has 0 aliphatic heterocycles. The van der Waals surface area contributed by atoms with E-state index < -0.39 is 14.0 Å². The van der Waals surface area contributed by atoms with Crippen molar-refractivity contribution in [3.8, 4) is 11.5 Å². The molecule has 0 N–H and O–H groups in total. The predicted octanol–water partition coefficient (Wildman–Crippen LogP) is 3.86. The summed E-state index contributed by atoms with van der Waals surface area (Å²) in [5.74, 6) is 2.47. The maximum absolute atomic E-state index is 12.1. The lowest BCUT2D eigenvalue weighted by Crippen LogP contribution is -2.24. The van der Waals surface area contributed by atoms with Gasteiger partial charge in [-0.05, 0) is 18.1 Å². The second kappa shape index (κ2) is 8.84. The third-order valence-corrected chi connectivity index (χ3v) is 4.56. The summed E-state index contributed by atoms with van der Waals surface area (Å²) in [5.41, 5.74) is 5.29. The van der Waals surface area contributed by atoms with Gasteiger partial charge in [-0.15, -0.1) is 5.54 Å². The average Bonchev–Trinajstić information content (AvgIpc) is 2.51. The number of carbonyl (C=O) groups is 2. The molecule has 1 aromatic rings. The Labute approximate surface area is 146 Å². The quantitative estimate of drug-likeness (QED) is 0.447. The highest BCUT2D eigenvalue weighted by molar-refractivity contribution is 6.83. The van der Waals surface area contributed by atoms with Crippen LogP contribution in [0.1, 0.15) is 31.4 Å². The number of ether oxygens (including phenoxy) is 1. The predicted molar refractivity (Wildman–Crippen MR) is 100 cm³/mol. The minimum absolute atomic E-state index is 0.0797. The lowest BCUT2D eigenvalue weighted by molar-refractivity contribution is -0.147. The molecule has 0 heterocycles. The molecule has 0 aromatic heterocycles. The van der Waals surface area contributed by atoms with E-state index in [2.05, 4.69) is 31.1 Å². The van der Waals surface area contributed by atoms with Crippen molar-refractivity contribution in [1.29, 1.82) is 0 Å². The monoisotopic (exact) mass is 344 g/mol. The molecule has 0 aliphatic carbocycles. The topological polar surface area (TPSA) is 43.4 Å². The van der Waals surface area contributed by atoms with Gasteiger partial charge in [0.25, 0.3) is 0 Å². The Balaban J connectivity index is 3.07. The Hall–Kier alpha value is -1.86. The van der Waals surface area contributed by atoms with E-state index in [1.165, 1.54) is 7.11 Å². The fourth-order valence-corrected chi connectivity index (χ4v) is 2.73. The van der Waals surface area contributed by atoms with E-state index in [0.717, 1.165) is 11.1 Å². The second-order valence-corrected chi connectivity index (χ2v) is 12.2. The Morgan fingerprint density at radius 1 is 1.17 bits per heavy atom. The van der Waals surface area contributed by atoms with Crippen LogP contribution in [-0.4, -0.2) is 26.9 Å². The highest BCUT2D eigenvalue weighted by Crippen LogP contribution is 2.19. The van der Waals surface area contributed by atoms with Crippen molar-refractivity contribution in [2.24, 2.45) is 11.8 Å². The van der Waals surface area contributed by atoms with Gasteiger partial charge in [0.15, 0.2) is 0 Å². The van der Waals surface area contributed by atoms with E-state index in [9.17, 15) is 9.59 Å². The average molecular weight is 345 g/mol. The van der Waals surface area contributed by atoms with Gasteiger partial charge >= 0.3 is 5.97 Å².